The zero-order valence-corrected chi connectivity index (χ0v) is 15.0. The fourth-order valence-corrected chi connectivity index (χ4v) is 3.49. The zero-order chi connectivity index (χ0) is 16.5. The highest BCUT2D eigenvalue weighted by Crippen LogP contribution is 2.16. The van der Waals surface area contributed by atoms with Crippen molar-refractivity contribution < 1.29 is 4.79 Å². The monoisotopic (exact) mass is 315 g/mol. The molecule has 2 nitrogen and oxygen atoms in total. The van der Waals surface area contributed by atoms with Crippen LogP contribution in [0.15, 0.2) is 24.3 Å². The van der Waals surface area contributed by atoms with Gasteiger partial charge in [0.1, 0.15) is 0 Å². The predicted octanol–water partition coefficient (Wildman–Crippen LogP) is 5.11. The molecule has 1 saturated heterocycles. The third-order valence-electron chi connectivity index (χ3n) is 4.99. The Bertz CT molecular complexity index is 459. The summed E-state index contributed by atoms with van der Waals surface area (Å²) in [6, 6.07) is 8.36. The van der Waals surface area contributed by atoms with Crippen molar-refractivity contribution in [2.75, 3.05) is 19.6 Å². The van der Waals surface area contributed by atoms with Crippen molar-refractivity contribution >= 4 is 5.78 Å². The maximum atomic E-state index is 12.6. The van der Waals surface area contributed by atoms with E-state index in [9.17, 15) is 4.79 Å². The summed E-state index contributed by atoms with van der Waals surface area (Å²) < 4.78 is 0. The van der Waals surface area contributed by atoms with Crippen LogP contribution in [0.1, 0.15) is 74.7 Å². The maximum absolute atomic E-state index is 12.6. The highest BCUT2D eigenvalue weighted by Gasteiger charge is 2.19. The molecule has 1 unspecified atom stereocenters. The summed E-state index contributed by atoms with van der Waals surface area (Å²) in [5.41, 5.74) is 2.24. The normalized spacial score (nSPS) is 17.1. The largest absolute Gasteiger partial charge is 0.303 e. The second-order valence-corrected chi connectivity index (χ2v) is 7.13. The third-order valence-corrected chi connectivity index (χ3v) is 4.99. The van der Waals surface area contributed by atoms with Crippen molar-refractivity contribution in [2.45, 2.75) is 65.2 Å². The zero-order valence-electron chi connectivity index (χ0n) is 15.0. The Balaban J connectivity index is 1.81. The van der Waals surface area contributed by atoms with Gasteiger partial charge in [-0.25, -0.2) is 0 Å². The Morgan fingerprint density at radius 2 is 1.74 bits per heavy atom. The molecule has 1 aromatic rings. The van der Waals surface area contributed by atoms with Gasteiger partial charge in [0.05, 0.1) is 0 Å². The van der Waals surface area contributed by atoms with Crippen LogP contribution in [0.5, 0.6) is 0 Å². The second kappa shape index (κ2) is 9.87. The van der Waals surface area contributed by atoms with Crippen LogP contribution in [0.4, 0.5) is 0 Å². The van der Waals surface area contributed by atoms with Crippen LogP contribution in [-0.2, 0) is 6.42 Å². The minimum atomic E-state index is 0.100. The molecule has 0 radical (unpaired) electrons. The van der Waals surface area contributed by atoms with Gasteiger partial charge in [0, 0.05) is 18.0 Å². The van der Waals surface area contributed by atoms with E-state index in [2.05, 4.69) is 30.9 Å². The van der Waals surface area contributed by atoms with Gasteiger partial charge in [0.15, 0.2) is 5.78 Å². The fourth-order valence-electron chi connectivity index (χ4n) is 3.49. The molecule has 0 amide bonds. The van der Waals surface area contributed by atoms with E-state index in [1.165, 1.54) is 50.5 Å². The van der Waals surface area contributed by atoms with E-state index in [0.29, 0.717) is 5.78 Å². The number of likely N-dealkylation sites (tertiary alicyclic amines) is 1. The lowest BCUT2D eigenvalue weighted by Gasteiger charge is -2.28. The van der Waals surface area contributed by atoms with Gasteiger partial charge in [0.2, 0.25) is 0 Å². The quantitative estimate of drug-likeness (QED) is 0.466. The number of rotatable bonds is 9. The van der Waals surface area contributed by atoms with E-state index in [4.69, 9.17) is 0 Å². The molecule has 0 saturated carbocycles. The lowest BCUT2D eigenvalue weighted by atomic mass is 9.96. The first-order chi connectivity index (χ1) is 11.2. The van der Waals surface area contributed by atoms with Crippen molar-refractivity contribution in [3.8, 4) is 0 Å². The number of unbranched alkanes of at least 4 members (excludes halogenated alkanes) is 3. The first kappa shape index (κ1) is 18.2. The van der Waals surface area contributed by atoms with Crippen LogP contribution >= 0.6 is 0 Å². The Morgan fingerprint density at radius 3 is 2.39 bits per heavy atom. The summed E-state index contributed by atoms with van der Waals surface area (Å²) in [4.78, 5) is 15.1. The van der Waals surface area contributed by atoms with Crippen molar-refractivity contribution in [3.05, 3.63) is 35.4 Å². The van der Waals surface area contributed by atoms with Gasteiger partial charge < -0.3 is 4.90 Å². The van der Waals surface area contributed by atoms with Crippen molar-refractivity contribution in [1.29, 1.82) is 0 Å². The smallest absolute Gasteiger partial charge is 0.166 e. The number of Topliss-reactive ketones (excluding diaryl/α,β-unsaturated/α-hetero) is 1. The van der Waals surface area contributed by atoms with Gasteiger partial charge in [-0.05, 0) is 44.3 Å². The number of ketones is 1. The van der Waals surface area contributed by atoms with Crippen molar-refractivity contribution in [3.63, 3.8) is 0 Å². The second-order valence-electron chi connectivity index (χ2n) is 7.13. The van der Waals surface area contributed by atoms with E-state index >= 15 is 0 Å². The van der Waals surface area contributed by atoms with Crippen molar-refractivity contribution in [1.82, 2.24) is 4.90 Å². The topological polar surface area (TPSA) is 20.3 Å². The standard InChI is InChI=1S/C21H33NO/c1-3-4-5-7-10-19-11-13-20(14-12-19)21(23)18(2)17-22-15-8-6-9-16-22/h11-14,18H,3-10,15-17H2,1-2H3. The molecule has 23 heavy (non-hydrogen) atoms. The summed E-state index contributed by atoms with van der Waals surface area (Å²) in [6.45, 7) is 7.56. The molecule has 2 heteroatoms. The molecule has 1 atom stereocenters. The first-order valence-corrected chi connectivity index (χ1v) is 9.56. The minimum Gasteiger partial charge on any atom is -0.303 e. The molecule has 0 bridgehead atoms. The van der Waals surface area contributed by atoms with Gasteiger partial charge in [-0.2, -0.15) is 0 Å². The number of benzene rings is 1. The molecule has 1 aromatic carbocycles. The van der Waals surface area contributed by atoms with Crippen LogP contribution < -0.4 is 0 Å². The molecule has 0 aromatic heterocycles. The number of hydrogen-bond donors (Lipinski definition) is 0. The van der Waals surface area contributed by atoms with Gasteiger partial charge in [-0.3, -0.25) is 4.79 Å². The number of carbonyl (C=O) groups excluding carboxylic acids is 1. The number of hydrogen-bond acceptors (Lipinski definition) is 2. The molecule has 0 aliphatic carbocycles. The average molecular weight is 316 g/mol. The van der Waals surface area contributed by atoms with Crippen LogP contribution in [0.25, 0.3) is 0 Å². The van der Waals surface area contributed by atoms with E-state index in [1.54, 1.807) is 0 Å². The minimum absolute atomic E-state index is 0.100. The third kappa shape index (κ3) is 6.10. The van der Waals surface area contributed by atoms with Gasteiger partial charge in [-0.1, -0.05) is 63.8 Å². The molecule has 1 aliphatic rings. The number of aryl methyl sites for hydroxylation is 1. The number of piperidine rings is 1. The SMILES string of the molecule is CCCCCCc1ccc(C(=O)C(C)CN2CCCCC2)cc1. The Hall–Kier alpha value is -1.15. The molecule has 1 aliphatic heterocycles. The summed E-state index contributed by atoms with van der Waals surface area (Å²) in [5.74, 6) is 0.400. The van der Waals surface area contributed by atoms with E-state index < -0.39 is 0 Å². The lowest BCUT2D eigenvalue weighted by molar-refractivity contribution is 0.0883. The van der Waals surface area contributed by atoms with Crippen LogP contribution in [-0.4, -0.2) is 30.3 Å². The van der Waals surface area contributed by atoms with Crippen LogP contribution in [0.2, 0.25) is 0 Å². The molecule has 1 fully saturated rings. The highest BCUT2D eigenvalue weighted by atomic mass is 16.1. The van der Waals surface area contributed by atoms with Gasteiger partial charge in [0.25, 0.3) is 0 Å². The maximum Gasteiger partial charge on any atom is 0.166 e. The molecular formula is C21H33NO. The molecule has 128 valence electrons. The van der Waals surface area contributed by atoms with Crippen LogP contribution in [0.3, 0.4) is 0 Å². The van der Waals surface area contributed by atoms with E-state index in [-0.39, 0.29) is 5.92 Å². The average Bonchev–Trinajstić information content (AvgIpc) is 2.59. The molecule has 0 N–H and O–H groups in total. The molecular weight excluding hydrogens is 282 g/mol. The summed E-state index contributed by atoms with van der Waals surface area (Å²) >= 11 is 0. The van der Waals surface area contributed by atoms with E-state index in [1.807, 2.05) is 12.1 Å². The molecule has 1 heterocycles. The summed E-state index contributed by atoms with van der Waals surface area (Å²) in [7, 11) is 0. The fraction of sp³-hybridized carbons (Fsp3) is 0.667. The lowest BCUT2D eigenvalue weighted by Crippen LogP contribution is -2.35. The predicted molar refractivity (Wildman–Crippen MR) is 98.1 cm³/mol. The Kier molecular flexibility index (Phi) is 7.81. The Labute approximate surface area is 142 Å². The van der Waals surface area contributed by atoms with Crippen molar-refractivity contribution in [2.24, 2.45) is 5.92 Å². The summed E-state index contributed by atoms with van der Waals surface area (Å²) in [6.07, 6.45) is 10.2. The van der Waals surface area contributed by atoms with Gasteiger partial charge in [-0.15, -0.1) is 0 Å². The first-order valence-electron chi connectivity index (χ1n) is 9.56. The number of carbonyl (C=O) groups is 1. The van der Waals surface area contributed by atoms with Crippen LogP contribution in [0, 0.1) is 5.92 Å². The van der Waals surface area contributed by atoms with E-state index in [0.717, 1.165) is 31.6 Å². The van der Waals surface area contributed by atoms with Gasteiger partial charge >= 0.3 is 0 Å². The highest BCUT2D eigenvalue weighted by molar-refractivity contribution is 5.97. The molecule has 2 rings (SSSR count). The number of nitrogens with zero attached hydrogens (tertiary/aromatic N) is 1. The Morgan fingerprint density at radius 1 is 1.04 bits per heavy atom. The molecule has 0 spiro atoms. The summed E-state index contributed by atoms with van der Waals surface area (Å²) in [5, 5.41) is 0.